The molecule has 24 heavy (non-hydrogen) atoms. The van der Waals surface area contributed by atoms with E-state index in [-0.39, 0.29) is 0 Å². The number of nitrogens with zero attached hydrogens (tertiary/aromatic N) is 2. The van der Waals surface area contributed by atoms with Gasteiger partial charge in [-0.25, -0.2) is 0 Å². The first-order chi connectivity index (χ1) is 11.5. The maximum Gasteiger partial charge on any atom is 0.226 e. The third-order valence-corrected chi connectivity index (χ3v) is 6.76. The van der Waals surface area contributed by atoms with Crippen molar-refractivity contribution in [3.63, 3.8) is 0 Å². The second kappa shape index (κ2) is 6.09. The molecule has 0 radical (unpaired) electrons. The van der Waals surface area contributed by atoms with Gasteiger partial charge in [-0.05, 0) is 73.5 Å². The molecule has 4 bridgehead atoms. The van der Waals surface area contributed by atoms with Crippen molar-refractivity contribution in [2.45, 2.75) is 38.6 Å². The summed E-state index contributed by atoms with van der Waals surface area (Å²) in [6.07, 6.45) is 6.70. The van der Waals surface area contributed by atoms with Crippen LogP contribution in [0.25, 0.3) is 0 Å². The number of rotatable bonds is 4. The highest BCUT2D eigenvalue weighted by atomic mass is 16.2. The Balaban J connectivity index is 1.42. The highest BCUT2D eigenvalue weighted by Crippen LogP contribution is 2.56. The molecule has 3 heteroatoms. The molecule has 3 nitrogen and oxygen atoms in total. The highest BCUT2D eigenvalue weighted by molar-refractivity contribution is 5.79. The van der Waals surface area contributed by atoms with Gasteiger partial charge in [0.2, 0.25) is 5.91 Å². The number of amides is 1. The molecule has 0 saturated heterocycles. The van der Waals surface area contributed by atoms with Gasteiger partial charge in [0, 0.05) is 39.3 Å². The molecule has 0 aliphatic heterocycles. The maximum absolute atomic E-state index is 13.1. The fourth-order valence-electron chi connectivity index (χ4n) is 5.83. The van der Waals surface area contributed by atoms with Gasteiger partial charge in [0.15, 0.2) is 0 Å². The molecular formula is C21H30N2O. The Morgan fingerprint density at radius 2 is 1.46 bits per heavy atom. The summed E-state index contributed by atoms with van der Waals surface area (Å²) in [5, 5.41) is 0. The summed E-state index contributed by atoms with van der Waals surface area (Å²) in [6.45, 7) is 0.731. The number of hydrogen-bond donors (Lipinski definition) is 0. The Labute approximate surface area is 146 Å². The first-order valence-corrected chi connectivity index (χ1v) is 9.52. The van der Waals surface area contributed by atoms with E-state index in [1.165, 1.54) is 43.4 Å². The van der Waals surface area contributed by atoms with Crippen LogP contribution in [0.4, 0.5) is 5.69 Å². The average Bonchev–Trinajstić information content (AvgIpc) is 2.54. The summed E-state index contributed by atoms with van der Waals surface area (Å²) in [5.41, 5.74) is 2.43. The van der Waals surface area contributed by atoms with E-state index < -0.39 is 0 Å². The largest absolute Gasteiger partial charge is 0.378 e. The van der Waals surface area contributed by atoms with Crippen LogP contribution in [0.15, 0.2) is 24.3 Å². The van der Waals surface area contributed by atoms with Gasteiger partial charge in [0.05, 0.1) is 0 Å². The van der Waals surface area contributed by atoms with Crippen molar-refractivity contribution in [3.8, 4) is 0 Å². The van der Waals surface area contributed by atoms with Crippen LogP contribution in [0.1, 0.15) is 37.7 Å². The summed E-state index contributed by atoms with van der Waals surface area (Å²) in [6, 6.07) is 8.57. The van der Waals surface area contributed by atoms with E-state index >= 15 is 0 Å². The lowest BCUT2D eigenvalue weighted by molar-refractivity contribution is -0.148. The Morgan fingerprint density at radius 3 is 1.96 bits per heavy atom. The van der Waals surface area contributed by atoms with E-state index in [4.69, 9.17) is 0 Å². The molecular weight excluding hydrogens is 296 g/mol. The second-order valence-electron chi connectivity index (χ2n) is 8.71. The Morgan fingerprint density at radius 1 is 0.917 bits per heavy atom. The number of hydrogen-bond acceptors (Lipinski definition) is 2. The number of benzene rings is 1. The molecule has 4 aliphatic rings. The standard InChI is InChI=1S/C21H30N2O/c1-22(2)19-6-4-14(5-7-19)13-23(3)21(24)20-17-9-15-8-16(11-17)12-18(20)10-15/h4-7,15-18,20H,8-13H2,1-3H3. The van der Waals surface area contributed by atoms with Crippen LogP contribution in [-0.2, 0) is 11.3 Å². The Kier molecular flexibility index (Phi) is 4.06. The average molecular weight is 326 g/mol. The monoisotopic (exact) mass is 326 g/mol. The van der Waals surface area contributed by atoms with Gasteiger partial charge in [-0.2, -0.15) is 0 Å². The molecule has 0 unspecified atom stereocenters. The molecule has 4 fully saturated rings. The SMILES string of the molecule is CN(Cc1ccc(N(C)C)cc1)C(=O)C1C2CC3CC(C2)CC1C3. The Hall–Kier alpha value is -1.51. The number of anilines is 1. The van der Waals surface area contributed by atoms with Crippen molar-refractivity contribution in [2.75, 3.05) is 26.0 Å². The van der Waals surface area contributed by atoms with E-state index in [9.17, 15) is 4.79 Å². The normalized spacial score (nSPS) is 33.5. The van der Waals surface area contributed by atoms with Crippen molar-refractivity contribution in [1.29, 1.82) is 0 Å². The molecule has 5 rings (SSSR count). The molecule has 0 aromatic heterocycles. The molecule has 0 spiro atoms. The Bertz CT molecular complexity index is 579. The van der Waals surface area contributed by atoms with Crippen LogP contribution in [0.5, 0.6) is 0 Å². The zero-order valence-electron chi connectivity index (χ0n) is 15.2. The second-order valence-corrected chi connectivity index (χ2v) is 8.71. The topological polar surface area (TPSA) is 23.6 Å². The van der Waals surface area contributed by atoms with Crippen molar-refractivity contribution in [1.82, 2.24) is 4.90 Å². The molecule has 0 heterocycles. The minimum Gasteiger partial charge on any atom is -0.378 e. The van der Waals surface area contributed by atoms with Crippen molar-refractivity contribution >= 4 is 11.6 Å². The molecule has 1 amide bonds. The molecule has 4 saturated carbocycles. The zero-order chi connectivity index (χ0) is 16.8. The fraction of sp³-hybridized carbons (Fsp3) is 0.667. The molecule has 1 aromatic carbocycles. The number of carbonyl (C=O) groups is 1. The van der Waals surface area contributed by atoms with Crippen molar-refractivity contribution < 1.29 is 4.79 Å². The smallest absolute Gasteiger partial charge is 0.226 e. The zero-order valence-corrected chi connectivity index (χ0v) is 15.2. The van der Waals surface area contributed by atoms with Crippen LogP contribution >= 0.6 is 0 Å². The van der Waals surface area contributed by atoms with Gasteiger partial charge in [0.1, 0.15) is 0 Å². The summed E-state index contributed by atoms with van der Waals surface area (Å²) in [4.78, 5) is 17.2. The minimum absolute atomic E-state index is 0.309. The fourth-order valence-corrected chi connectivity index (χ4v) is 5.83. The third kappa shape index (κ3) is 2.82. The summed E-state index contributed by atoms with van der Waals surface area (Å²) < 4.78 is 0. The lowest BCUT2D eigenvalue weighted by atomic mass is 9.51. The van der Waals surface area contributed by atoms with Gasteiger partial charge in [0.25, 0.3) is 0 Å². The molecule has 130 valence electrons. The first kappa shape index (κ1) is 16.0. The molecule has 4 aliphatic carbocycles. The van der Waals surface area contributed by atoms with E-state index in [1.54, 1.807) is 0 Å². The van der Waals surface area contributed by atoms with Crippen molar-refractivity contribution in [3.05, 3.63) is 29.8 Å². The van der Waals surface area contributed by atoms with Crippen LogP contribution < -0.4 is 4.90 Å². The summed E-state index contributed by atoms with van der Waals surface area (Å²) in [7, 11) is 6.10. The predicted octanol–water partition coefficient (Wildman–Crippen LogP) is 3.78. The van der Waals surface area contributed by atoms with Crippen LogP contribution in [0.3, 0.4) is 0 Å². The van der Waals surface area contributed by atoms with E-state index in [0.29, 0.717) is 23.7 Å². The molecule has 0 N–H and O–H groups in total. The lowest BCUT2D eigenvalue weighted by Gasteiger charge is -2.54. The van der Waals surface area contributed by atoms with Gasteiger partial charge >= 0.3 is 0 Å². The lowest BCUT2D eigenvalue weighted by Crippen LogP contribution is -2.51. The quantitative estimate of drug-likeness (QED) is 0.840. The molecule has 1 aromatic rings. The van der Waals surface area contributed by atoms with Crippen molar-refractivity contribution in [2.24, 2.45) is 29.6 Å². The highest BCUT2D eigenvalue weighted by Gasteiger charge is 2.51. The van der Waals surface area contributed by atoms with Crippen LogP contribution in [-0.4, -0.2) is 32.0 Å². The number of carbonyl (C=O) groups excluding carboxylic acids is 1. The molecule has 0 atom stereocenters. The van der Waals surface area contributed by atoms with E-state index in [0.717, 1.165) is 18.4 Å². The summed E-state index contributed by atoms with van der Waals surface area (Å²) in [5.74, 6) is 3.92. The van der Waals surface area contributed by atoms with Gasteiger partial charge in [-0.15, -0.1) is 0 Å². The van der Waals surface area contributed by atoms with Crippen LogP contribution in [0, 0.1) is 29.6 Å². The van der Waals surface area contributed by atoms with E-state index in [2.05, 4.69) is 43.3 Å². The van der Waals surface area contributed by atoms with Gasteiger partial charge in [-0.3, -0.25) is 4.79 Å². The van der Waals surface area contributed by atoms with Gasteiger partial charge < -0.3 is 9.80 Å². The summed E-state index contributed by atoms with van der Waals surface area (Å²) >= 11 is 0. The van der Waals surface area contributed by atoms with Crippen LogP contribution in [0.2, 0.25) is 0 Å². The first-order valence-electron chi connectivity index (χ1n) is 9.52. The van der Waals surface area contributed by atoms with E-state index in [1.807, 2.05) is 11.9 Å². The third-order valence-electron chi connectivity index (χ3n) is 6.76. The minimum atomic E-state index is 0.309. The maximum atomic E-state index is 13.1. The van der Waals surface area contributed by atoms with Gasteiger partial charge in [-0.1, -0.05) is 12.1 Å². The predicted molar refractivity (Wildman–Crippen MR) is 97.8 cm³/mol.